The first-order valence-electron chi connectivity index (χ1n) is 6.80. The molecule has 0 aliphatic heterocycles. The highest BCUT2D eigenvalue weighted by molar-refractivity contribution is 7.99. The summed E-state index contributed by atoms with van der Waals surface area (Å²) in [5, 5.41) is 2.16. The molecule has 0 saturated heterocycles. The lowest BCUT2D eigenvalue weighted by Gasteiger charge is -2.07. The third-order valence-corrected chi connectivity index (χ3v) is 4.61. The molecule has 0 aliphatic rings. The first kappa shape index (κ1) is 14.7. The van der Waals surface area contributed by atoms with Gasteiger partial charge in [0.05, 0.1) is 13.1 Å². The van der Waals surface area contributed by atoms with Gasteiger partial charge in [0.2, 0.25) is 5.03 Å². The molecule has 0 aromatic carbocycles. The largest absolute Gasteiger partial charge is 0.299 e. The van der Waals surface area contributed by atoms with E-state index in [4.69, 9.17) is 4.98 Å². The summed E-state index contributed by atoms with van der Waals surface area (Å²) in [6.07, 6.45) is 1.93. The molecule has 2 aromatic rings. The summed E-state index contributed by atoms with van der Waals surface area (Å²) < 4.78 is 4.49. The van der Waals surface area contributed by atoms with Gasteiger partial charge >= 0.3 is 0 Å². The average molecular weight is 297 g/mol. The van der Waals surface area contributed by atoms with Crippen LogP contribution in [0, 0.1) is 0 Å². The number of aryl methyl sites for hydroxylation is 2. The maximum atomic E-state index is 4.81. The molecular weight excluding hydrogens is 276 g/mol. The molecule has 4 nitrogen and oxygen atoms in total. The third kappa shape index (κ3) is 2.74. The van der Waals surface area contributed by atoms with E-state index in [9.17, 15) is 0 Å². The van der Waals surface area contributed by atoms with Crippen LogP contribution in [0.5, 0.6) is 0 Å². The summed E-state index contributed by atoms with van der Waals surface area (Å²) >= 11 is 3.58. The Bertz CT molecular complexity index is 565. The first-order chi connectivity index (χ1) is 9.26. The van der Waals surface area contributed by atoms with Crippen molar-refractivity contribution in [1.82, 2.24) is 14.5 Å². The highest BCUT2D eigenvalue weighted by Gasteiger charge is 2.23. The molecule has 2 rings (SSSR count). The van der Waals surface area contributed by atoms with Crippen LogP contribution in [-0.4, -0.2) is 26.0 Å². The average Bonchev–Trinajstić information content (AvgIpc) is 2.84. The van der Waals surface area contributed by atoms with Crippen LogP contribution in [-0.2, 0) is 13.1 Å². The van der Waals surface area contributed by atoms with Crippen LogP contribution in [0.3, 0.4) is 0 Å². The molecule has 2 aromatic heterocycles. The van der Waals surface area contributed by atoms with Crippen molar-refractivity contribution in [3.05, 3.63) is 6.33 Å². The van der Waals surface area contributed by atoms with E-state index >= 15 is 0 Å². The Morgan fingerprint density at radius 1 is 1.16 bits per heavy atom. The summed E-state index contributed by atoms with van der Waals surface area (Å²) in [4.78, 5) is 9.38. The first-order valence-corrected chi connectivity index (χ1v) is 8.78. The SMILES string of the molecule is CCSc1nc(SCC)[n+](CC)c2c1ncn2CC. The zero-order valence-electron chi connectivity index (χ0n) is 12.0. The van der Waals surface area contributed by atoms with Crippen molar-refractivity contribution in [3.8, 4) is 0 Å². The standard InChI is InChI=1S/C13H21N4S2/c1-5-16-9-14-10-11(18-7-3)15-13(19-8-4)17(6-2)12(10)16/h9H,5-8H2,1-4H3/q+1. The molecule has 0 atom stereocenters. The van der Waals surface area contributed by atoms with Gasteiger partial charge in [-0.05, 0) is 19.6 Å². The molecule has 0 saturated carbocycles. The smallest absolute Gasteiger partial charge is 0.248 e. The number of hydrogen-bond acceptors (Lipinski definition) is 4. The Hall–Kier alpha value is -0.750. The minimum atomic E-state index is 0.925. The molecule has 6 heteroatoms. The lowest BCUT2D eigenvalue weighted by Crippen LogP contribution is -2.39. The normalized spacial score (nSPS) is 11.4. The topological polar surface area (TPSA) is 34.6 Å². The number of rotatable bonds is 6. The van der Waals surface area contributed by atoms with Gasteiger partial charge in [0.1, 0.15) is 0 Å². The van der Waals surface area contributed by atoms with E-state index in [1.165, 1.54) is 5.65 Å². The fraction of sp³-hybridized carbons (Fsp3) is 0.615. The van der Waals surface area contributed by atoms with Crippen molar-refractivity contribution < 1.29 is 4.57 Å². The molecule has 0 radical (unpaired) electrons. The maximum Gasteiger partial charge on any atom is 0.299 e. The third-order valence-electron chi connectivity index (χ3n) is 2.91. The van der Waals surface area contributed by atoms with Gasteiger partial charge in [-0.15, -0.1) is 0 Å². The molecule has 2 heterocycles. The van der Waals surface area contributed by atoms with Gasteiger partial charge in [-0.25, -0.2) is 14.1 Å². The van der Waals surface area contributed by atoms with Crippen molar-refractivity contribution in [3.63, 3.8) is 0 Å². The number of aromatic nitrogens is 4. The van der Waals surface area contributed by atoms with Gasteiger partial charge < -0.3 is 0 Å². The second-order valence-electron chi connectivity index (χ2n) is 4.01. The van der Waals surface area contributed by atoms with Crippen molar-refractivity contribution in [2.24, 2.45) is 0 Å². The molecule has 0 aliphatic carbocycles. The summed E-state index contributed by atoms with van der Waals surface area (Å²) in [6, 6.07) is 0. The van der Waals surface area contributed by atoms with Gasteiger partial charge in [-0.3, -0.25) is 0 Å². The molecule has 0 fully saturated rings. The molecule has 104 valence electrons. The molecule has 19 heavy (non-hydrogen) atoms. The Morgan fingerprint density at radius 3 is 2.47 bits per heavy atom. The van der Waals surface area contributed by atoms with E-state index in [2.05, 4.69) is 41.8 Å². The van der Waals surface area contributed by atoms with E-state index in [0.717, 1.165) is 40.3 Å². The zero-order valence-corrected chi connectivity index (χ0v) is 13.6. The second kappa shape index (κ2) is 6.61. The van der Waals surface area contributed by atoms with Crippen molar-refractivity contribution in [1.29, 1.82) is 0 Å². The quantitative estimate of drug-likeness (QED) is 0.355. The number of hydrogen-bond donors (Lipinski definition) is 0. The van der Waals surface area contributed by atoms with Crippen LogP contribution in [0.2, 0.25) is 0 Å². The van der Waals surface area contributed by atoms with Crippen LogP contribution in [0.1, 0.15) is 27.7 Å². The van der Waals surface area contributed by atoms with E-state index < -0.39 is 0 Å². The minimum Gasteiger partial charge on any atom is -0.248 e. The zero-order chi connectivity index (χ0) is 13.8. The Morgan fingerprint density at radius 2 is 1.89 bits per heavy atom. The predicted molar refractivity (Wildman–Crippen MR) is 81.9 cm³/mol. The Kier molecular flexibility index (Phi) is 5.10. The van der Waals surface area contributed by atoms with E-state index in [1.54, 1.807) is 23.5 Å². The van der Waals surface area contributed by atoms with Crippen molar-refractivity contribution >= 4 is 34.7 Å². The summed E-state index contributed by atoms with van der Waals surface area (Å²) in [7, 11) is 0. The van der Waals surface area contributed by atoms with Gasteiger partial charge in [0.15, 0.2) is 11.8 Å². The van der Waals surface area contributed by atoms with Crippen LogP contribution in [0.15, 0.2) is 16.5 Å². The van der Waals surface area contributed by atoms with E-state index in [1.807, 2.05) is 6.33 Å². The highest BCUT2D eigenvalue weighted by atomic mass is 32.2. The summed E-state index contributed by atoms with van der Waals surface area (Å²) in [6.45, 7) is 10.5. The molecule has 0 spiro atoms. The van der Waals surface area contributed by atoms with E-state index in [0.29, 0.717) is 0 Å². The fourth-order valence-corrected chi connectivity index (χ4v) is 3.64. The fourth-order valence-electron chi connectivity index (χ4n) is 2.09. The number of nitrogens with zero attached hydrogens (tertiary/aromatic N) is 4. The Labute approximate surface area is 123 Å². The van der Waals surface area contributed by atoms with Gasteiger partial charge in [0.25, 0.3) is 10.8 Å². The van der Waals surface area contributed by atoms with Gasteiger partial charge in [-0.2, -0.15) is 0 Å². The second-order valence-corrected chi connectivity index (χ2v) is 6.50. The number of imidazole rings is 1. The van der Waals surface area contributed by atoms with Crippen LogP contribution >= 0.6 is 23.5 Å². The van der Waals surface area contributed by atoms with E-state index in [-0.39, 0.29) is 0 Å². The van der Waals surface area contributed by atoms with Crippen LogP contribution in [0.4, 0.5) is 0 Å². The van der Waals surface area contributed by atoms with Crippen molar-refractivity contribution in [2.75, 3.05) is 11.5 Å². The van der Waals surface area contributed by atoms with Gasteiger partial charge in [0, 0.05) is 5.75 Å². The lowest BCUT2D eigenvalue weighted by atomic mass is 10.5. The summed E-state index contributed by atoms with van der Waals surface area (Å²) in [5.41, 5.74) is 2.24. The van der Waals surface area contributed by atoms with Crippen molar-refractivity contribution in [2.45, 2.75) is 51.0 Å². The predicted octanol–water partition coefficient (Wildman–Crippen LogP) is 2.98. The monoisotopic (exact) mass is 297 g/mol. The molecule has 0 bridgehead atoms. The molecule has 0 N–H and O–H groups in total. The molecule has 0 amide bonds. The van der Waals surface area contributed by atoms with Crippen LogP contribution < -0.4 is 4.57 Å². The summed E-state index contributed by atoms with van der Waals surface area (Å²) in [5.74, 6) is 2.06. The van der Waals surface area contributed by atoms with Gasteiger partial charge in [-0.1, -0.05) is 42.4 Å². The number of thioether (sulfide) groups is 2. The molecular formula is C13H21N4S2+. The minimum absolute atomic E-state index is 0.925. The Balaban J connectivity index is 2.72. The lowest BCUT2D eigenvalue weighted by molar-refractivity contribution is -0.712. The highest BCUT2D eigenvalue weighted by Crippen LogP contribution is 2.26. The molecule has 0 unspecified atom stereocenters. The number of fused-ring (bicyclic) bond motifs is 1. The van der Waals surface area contributed by atoms with Crippen LogP contribution in [0.25, 0.3) is 11.2 Å². The maximum absolute atomic E-state index is 4.81.